The van der Waals surface area contributed by atoms with Crippen molar-refractivity contribution in [2.24, 2.45) is 5.10 Å². The van der Waals surface area contributed by atoms with Crippen LogP contribution >= 0.6 is 34.5 Å². The molecule has 0 aliphatic carbocycles. The third-order valence-corrected chi connectivity index (χ3v) is 6.54. The predicted octanol–water partition coefficient (Wildman–Crippen LogP) is 6.29. The van der Waals surface area contributed by atoms with Crippen LogP contribution in [-0.4, -0.2) is 23.7 Å². The van der Waals surface area contributed by atoms with Crippen LogP contribution in [0.25, 0.3) is 21.2 Å². The molecule has 0 aliphatic rings. The molecule has 3 aromatic carbocycles. The van der Waals surface area contributed by atoms with Crippen LogP contribution in [0.15, 0.2) is 81.2 Å². The summed E-state index contributed by atoms with van der Waals surface area (Å²) < 4.78 is 25.3. The number of hydrazone groups is 1. The lowest BCUT2D eigenvalue weighted by molar-refractivity contribution is -0.120. The standard InChI is InChI=1S/C25H14Cl2FN3O4S/c26-15-5-8-21(18(27)9-15)35-13-23(32)31(25-30-19-7-6-16(28)10-22(19)36-25)29-11-14-12-34-20-4-2-1-3-17(20)24(14)33/h1-12H,13H2/b29-11+. The lowest BCUT2D eigenvalue weighted by Gasteiger charge is -2.15. The van der Waals surface area contributed by atoms with Gasteiger partial charge in [0, 0.05) is 5.02 Å². The molecule has 0 saturated heterocycles. The number of benzene rings is 3. The Balaban J connectivity index is 1.49. The zero-order valence-electron chi connectivity index (χ0n) is 18.2. The molecule has 2 heterocycles. The Bertz CT molecular complexity index is 1700. The van der Waals surface area contributed by atoms with E-state index in [4.69, 9.17) is 32.4 Å². The topological polar surface area (TPSA) is 85.0 Å². The summed E-state index contributed by atoms with van der Waals surface area (Å²) in [4.78, 5) is 30.4. The number of rotatable bonds is 6. The van der Waals surface area contributed by atoms with E-state index in [0.29, 0.717) is 26.2 Å². The molecule has 0 atom stereocenters. The van der Waals surface area contributed by atoms with E-state index >= 15 is 0 Å². The van der Waals surface area contributed by atoms with Gasteiger partial charge in [0.2, 0.25) is 10.6 Å². The van der Waals surface area contributed by atoms with E-state index in [2.05, 4.69) is 10.1 Å². The molecule has 2 aromatic heterocycles. The summed E-state index contributed by atoms with van der Waals surface area (Å²) in [6, 6.07) is 15.4. The van der Waals surface area contributed by atoms with Crippen LogP contribution in [0.5, 0.6) is 5.75 Å². The number of nitrogens with zero attached hydrogens (tertiary/aromatic N) is 3. The first-order valence-corrected chi connectivity index (χ1v) is 12.0. The number of hydrogen-bond donors (Lipinski definition) is 0. The maximum absolute atomic E-state index is 13.7. The first-order valence-electron chi connectivity index (χ1n) is 10.4. The van der Waals surface area contributed by atoms with Gasteiger partial charge in [0.1, 0.15) is 23.4 Å². The second-order valence-electron chi connectivity index (χ2n) is 7.44. The number of para-hydroxylation sites is 1. The van der Waals surface area contributed by atoms with Crippen molar-refractivity contribution >= 4 is 73.0 Å². The van der Waals surface area contributed by atoms with E-state index in [1.54, 1.807) is 30.3 Å². The van der Waals surface area contributed by atoms with Crippen molar-refractivity contribution in [3.63, 3.8) is 0 Å². The zero-order chi connectivity index (χ0) is 25.2. The van der Waals surface area contributed by atoms with Crippen molar-refractivity contribution in [3.05, 3.63) is 98.6 Å². The summed E-state index contributed by atoms with van der Waals surface area (Å²) in [6.07, 6.45) is 2.46. The van der Waals surface area contributed by atoms with Crippen LogP contribution in [0.3, 0.4) is 0 Å². The van der Waals surface area contributed by atoms with Crippen molar-refractivity contribution in [2.75, 3.05) is 11.6 Å². The minimum Gasteiger partial charge on any atom is -0.482 e. The molecule has 36 heavy (non-hydrogen) atoms. The zero-order valence-corrected chi connectivity index (χ0v) is 20.5. The second kappa shape index (κ2) is 10.1. The molecule has 0 spiro atoms. The van der Waals surface area contributed by atoms with Gasteiger partial charge in [-0.25, -0.2) is 9.37 Å². The summed E-state index contributed by atoms with van der Waals surface area (Å²) in [7, 11) is 0. The van der Waals surface area contributed by atoms with Crippen molar-refractivity contribution in [1.29, 1.82) is 0 Å². The fraction of sp³-hybridized carbons (Fsp3) is 0.0400. The molecule has 7 nitrogen and oxygen atoms in total. The summed E-state index contributed by atoms with van der Waals surface area (Å²) in [5, 5.41) is 6.38. The molecule has 1 amide bonds. The summed E-state index contributed by atoms with van der Waals surface area (Å²) in [5.74, 6) is -0.796. The Kier molecular flexibility index (Phi) is 6.69. The van der Waals surface area contributed by atoms with Gasteiger partial charge in [-0.15, -0.1) is 0 Å². The molecule has 0 bridgehead atoms. The molecule has 0 aliphatic heterocycles. The molecule has 0 N–H and O–H groups in total. The van der Waals surface area contributed by atoms with E-state index in [1.807, 2.05) is 0 Å². The monoisotopic (exact) mass is 541 g/mol. The molecule has 0 unspecified atom stereocenters. The van der Waals surface area contributed by atoms with Crippen molar-refractivity contribution in [3.8, 4) is 5.75 Å². The number of carbonyl (C=O) groups excluding carboxylic acids is 1. The van der Waals surface area contributed by atoms with Crippen molar-refractivity contribution in [1.82, 2.24) is 4.98 Å². The van der Waals surface area contributed by atoms with E-state index in [0.717, 1.165) is 16.3 Å². The second-order valence-corrected chi connectivity index (χ2v) is 9.29. The third-order valence-electron chi connectivity index (χ3n) is 5.02. The fourth-order valence-electron chi connectivity index (χ4n) is 3.29. The molecule has 180 valence electrons. The minimum absolute atomic E-state index is 0.125. The number of thiazole rings is 1. The van der Waals surface area contributed by atoms with Crippen LogP contribution in [0.1, 0.15) is 5.56 Å². The first kappa shape index (κ1) is 23.9. The van der Waals surface area contributed by atoms with Crippen LogP contribution in [-0.2, 0) is 4.79 Å². The quantitative estimate of drug-likeness (QED) is 0.186. The highest BCUT2D eigenvalue weighted by molar-refractivity contribution is 7.22. The summed E-state index contributed by atoms with van der Waals surface area (Å²) in [5.41, 5.74) is 0.717. The number of anilines is 1. The van der Waals surface area contributed by atoms with Gasteiger partial charge in [-0.05, 0) is 48.5 Å². The van der Waals surface area contributed by atoms with Gasteiger partial charge >= 0.3 is 0 Å². The number of aromatic nitrogens is 1. The molecule has 0 radical (unpaired) electrons. The molecular weight excluding hydrogens is 528 g/mol. The molecular formula is C25H14Cl2FN3O4S. The van der Waals surface area contributed by atoms with Crippen LogP contribution in [0, 0.1) is 5.82 Å². The van der Waals surface area contributed by atoms with Gasteiger partial charge in [-0.3, -0.25) is 9.59 Å². The van der Waals surface area contributed by atoms with E-state index in [9.17, 15) is 14.0 Å². The summed E-state index contributed by atoms with van der Waals surface area (Å²) >= 11 is 13.1. The smallest absolute Gasteiger partial charge is 0.287 e. The van der Waals surface area contributed by atoms with Gasteiger partial charge in [0.05, 0.1) is 32.4 Å². The third kappa shape index (κ3) is 4.94. The highest BCUT2D eigenvalue weighted by Gasteiger charge is 2.21. The Morgan fingerprint density at radius 1 is 1.17 bits per heavy atom. The average Bonchev–Trinajstić information content (AvgIpc) is 3.27. The Morgan fingerprint density at radius 3 is 2.83 bits per heavy atom. The van der Waals surface area contributed by atoms with Gasteiger partial charge < -0.3 is 9.15 Å². The van der Waals surface area contributed by atoms with Crippen LogP contribution in [0.2, 0.25) is 10.0 Å². The summed E-state index contributed by atoms with van der Waals surface area (Å²) in [6.45, 7) is -0.449. The lowest BCUT2D eigenvalue weighted by Crippen LogP contribution is -2.31. The number of fused-ring (bicyclic) bond motifs is 2. The molecule has 5 rings (SSSR count). The fourth-order valence-corrected chi connectivity index (χ4v) is 4.72. The SMILES string of the molecule is O=C(COc1ccc(Cl)cc1Cl)N(/N=C/c1coc2ccccc2c1=O)c1nc2ccc(F)cc2s1. The predicted molar refractivity (Wildman–Crippen MR) is 139 cm³/mol. The largest absolute Gasteiger partial charge is 0.482 e. The number of halogens is 3. The maximum atomic E-state index is 13.7. The number of hydrogen-bond acceptors (Lipinski definition) is 7. The maximum Gasteiger partial charge on any atom is 0.287 e. The van der Waals surface area contributed by atoms with Gasteiger partial charge in [-0.2, -0.15) is 10.1 Å². The van der Waals surface area contributed by atoms with Gasteiger partial charge in [0.25, 0.3) is 5.91 Å². The van der Waals surface area contributed by atoms with Gasteiger partial charge in [0.15, 0.2) is 6.61 Å². The van der Waals surface area contributed by atoms with Crippen LogP contribution in [0.4, 0.5) is 9.52 Å². The number of ether oxygens (including phenoxy) is 1. The Hall–Kier alpha value is -3.79. The highest BCUT2D eigenvalue weighted by Crippen LogP contribution is 2.31. The molecule has 0 saturated carbocycles. The van der Waals surface area contributed by atoms with Crippen LogP contribution < -0.4 is 15.2 Å². The van der Waals surface area contributed by atoms with E-state index in [-0.39, 0.29) is 26.9 Å². The Morgan fingerprint density at radius 2 is 2.00 bits per heavy atom. The average molecular weight is 542 g/mol. The molecule has 0 fully saturated rings. The van der Waals surface area contributed by atoms with Crippen molar-refractivity contribution < 1.29 is 18.3 Å². The number of amides is 1. The van der Waals surface area contributed by atoms with Crippen molar-refractivity contribution in [2.45, 2.75) is 0 Å². The first-order chi connectivity index (χ1) is 17.4. The minimum atomic E-state index is -0.609. The van der Waals surface area contributed by atoms with E-state index < -0.39 is 18.3 Å². The van der Waals surface area contributed by atoms with E-state index in [1.165, 1.54) is 42.8 Å². The number of carbonyl (C=O) groups is 1. The molecule has 5 aromatic rings. The molecule has 11 heteroatoms. The normalized spacial score (nSPS) is 11.4. The van der Waals surface area contributed by atoms with Gasteiger partial charge in [-0.1, -0.05) is 46.7 Å². The highest BCUT2D eigenvalue weighted by atomic mass is 35.5. The Labute approximate surface area is 217 Å². The lowest BCUT2D eigenvalue weighted by atomic mass is 10.2.